The van der Waals surface area contributed by atoms with E-state index in [9.17, 15) is 0 Å². The summed E-state index contributed by atoms with van der Waals surface area (Å²) in [6, 6.07) is 12.1. The molecule has 8 heteroatoms. The van der Waals surface area contributed by atoms with Crippen molar-refractivity contribution in [2.75, 3.05) is 44.4 Å². The Bertz CT molecular complexity index is 1130. The van der Waals surface area contributed by atoms with Crippen LogP contribution in [-0.4, -0.2) is 62.3 Å². The van der Waals surface area contributed by atoms with E-state index >= 15 is 0 Å². The average molecular weight is 494 g/mol. The molecular formula is C27H39N5O2Si. The van der Waals surface area contributed by atoms with Crippen LogP contribution in [0.4, 0.5) is 5.82 Å². The molecule has 0 bridgehead atoms. The predicted octanol–water partition coefficient (Wildman–Crippen LogP) is 4.75. The Labute approximate surface area is 209 Å². The highest BCUT2D eigenvalue weighted by Crippen LogP contribution is 2.31. The number of pyridine rings is 1. The lowest BCUT2D eigenvalue weighted by Gasteiger charge is -2.27. The molecule has 1 aromatic carbocycles. The molecule has 0 atom stereocenters. The third-order valence-electron chi connectivity index (χ3n) is 6.84. The van der Waals surface area contributed by atoms with Gasteiger partial charge in [-0.15, -0.1) is 0 Å². The highest BCUT2D eigenvalue weighted by molar-refractivity contribution is 6.76. The highest BCUT2D eigenvalue weighted by atomic mass is 28.3. The molecule has 0 radical (unpaired) electrons. The normalized spacial score (nSPS) is 16.8. The maximum atomic E-state index is 6.09. The molecule has 2 aliphatic rings. The topological polar surface area (TPSA) is 64.4 Å². The van der Waals surface area contributed by atoms with Gasteiger partial charge in [-0.05, 0) is 61.2 Å². The fraction of sp³-hybridized carbons (Fsp3) is 0.556. The predicted molar refractivity (Wildman–Crippen MR) is 145 cm³/mol. The molecular weight excluding hydrogens is 454 g/mol. The van der Waals surface area contributed by atoms with Crippen LogP contribution in [-0.2, 0) is 22.7 Å². The van der Waals surface area contributed by atoms with Crippen LogP contribution >= 0.6 is 0 Å². The van der Waals surface area contributed by atoms with Crippen LogP contribution in [0.3, 0.4) is 0 Å². The number of fused-ring (bicyclic) bond motifs is 1. The monoisotopic (exact) mass is 493 g/mol. The maximum Gasteiger partial charge on any atom is 0.140 e. The van der Waals surface area contributed by atoms with E-state index in [2.05, 4.69) is 65.2 Å². The Morgan fingerprint density at radius 3 is 2.71 bits per heavy atom. The molecule has 5 rings (SSSR count). The van der Waals surface area contributed by atoms with Gasteiger partial charge in [0.05, 0.1) is 18.7 Å². The molecule has 0 unspecified atom stereocenters. The first-order chi connectivity index (χ1) is 17.0. The van der Waals surface area contributed by atoms with E-state index in [1.54, 1.807) is 0 Å². The number of nitrogens with one attached hydrogen (secondary N) is 1. The van der Waals surface area contributed by atoms with Crippen molar-refractivity contribution >= 4 is 24.8 Å². The largest absolute Gasteiger partial charge is 0.378 e. The van der Waals surface area contributed by atoms with Crippen molar-refractivity contribution in [1.29, 1.82) is 0 Å². The van der Waals surface area contributed by atoms with E-state index in [-0.39, 0.29) is 0 Å². The summed E-state index contributed by atoms with van der Waals surface area (Å²) in [5.41, 5.74) is 4.50. The van der Waals surface area contributed by atoms with Crippen LogP contribution in [0.2, 0.25) is 25.7 Å². The van der Waals surface area contributed by atoms with Crippen molar-refractivity contribution < 1.29 is 9.47 Å². The summed E-state index contributed by atoms with van der Waals surface area (Å²) in [6.07, 6.45) is 4.64. The van der Waals surface area contributed by atoms with Gasteiger partial charge in [-0.3, -0.25) is 0 Å². The molecule has 3 heterocycles. The highest BCUT2D eigenvalue weighted by Gasteiger charge is 2.21. The fourth-order valence-corrected chi connectivity index (χ4v) is 5.21. The van der Waals surface area contributed by atoms with E-state index in [1.807, 2.05) is 10.9 Å². The van der Waals surface area contributed by atoms with Gasteiger partial charge in [0, 0.05) is 51.5 Å². The third kappa shape index (κ3) is 6.49. The third-order valence-corrected chi connectivity index (χ3v) is 8.54. The number of hydrogen-bond donors (Lipinski definition) is 1. The zero-order chi connectivity index (χ0) is 24.3. The molecule has 2 aromatic heterocycles. The van der Waals surface area contributed by atoms with E-state index in [0.29, 0.717) is 6.73 Å². The lowest BCUT2D eigenvalue weighted by molar-refractivity contribution is 0.0818. The quantitative estimate of drug-likeness (QED) is 0.307. The molecule has 0 spiro atoms. The smallest absolute Gasteiger partial charge is 0.140 e. The number of rotatable bonds is 11. The number of morpholine rings is 1. The molecule has 3 aromatic rings. The van der Waals surface area contributed by atoms with Crippen molar-refractivity contribution in [3.05, 3.63) is 42.1 Å². The Morgan fingerprint density at radius 2 is 1.94 bits per heavy atom. The molecule has 7 nitrogen and oxygen atoms in total. The summed E-state index contributed by atoms with van der Waals surface area (Å²) >= 11 is 0. The number of ether oxygens (including phenoxy) is 2. The standard InChI is InChI=1S/C27H39N5O2Si/c1-35(2,3)15-14-34-20-32-25-7-6-22(19-28-18-21-4-5-21)16-24(25)27(30-32)23-8-9-29-26(17-23)31-10-12-33-13-11-31/h6-9,16-17,21,28H,4-5,10-15,18-20H2,1-3H3. The number of benzene rings is 1. The molecule has 35 heavy (non-hydrogen) atoms. The Hall–Kier alpha value is -2.26. The van der Waals surface area contributed by atoms with Crippen molar-refractivity contribution in [1.82, 2.24) is 20.1 Å². The van der Waals surface area contributed by atoms with Crippen molar-refractivity contribution in [2.24, 2.45) is 5.92 Å². The molecule has 1 saturated carbocycles. The zero-order valence-corrected chi connectivity index (χ0v) is 22.4. The summed E-state index contributed by atoms with van der Waals surface area (Å²) in [5, 5.41) is 9.85. The minimum atomic E-state index is -1.13. The Kier molecular flexibility index (Phi) is 7.53. The molecule has 1 aliphatic carbocycles. The van der Waals surface area contributed by atoms with Crippen LogP contribution in [0.15, 0.2) is 36.5 Å². The van der Waals surface area contributed by atoms with Gasteiger partial charge in [0.15, 0.2) is 0 Å². The first-order valence-corrected chi connectivity index (χ1v) is 16.7. The van der Waals surface area contributed by atoms with E-state index in [0.717, 1.165) is 80.6 Å². The number of nitrogens with zero attached hydrogens (tertiary/aromatic N) is 4. The van der Waals surface area contributed by atoms with Crippen LogP contribution in [0.25, 0.3) is 22.2 Å². The lowest BCUT2D eigenvalue weighted by atomic mass is 10.1. The minimum absolute atomic E-state index is 0.474. The average Bonchev–Trinajstić information content (AvgIpc) is 3.61. The van der Waals surface area contributed by atoms with Gasteiger partial charge < -0.3 is 19.7 Å². The summed E-state index contributed by atoms with van der Waals surface area (Å²) in [6.45, 7) is 13.6. The second kappa shape index (κ2) is 10.8. The van der Waals surface area contributed by atoms with Crippen molar-refractivity contribution in [3.8, 4) is 11.3 Å². The molecule has 1 N–H and O–H groups in total. The second-order valence-electron chi connectivity index (χ2n) is 11.1. The van der Waals surface area contributed by atoms with Crippen molar-refractivity contribution in [3.63, 3.8) is 0 Å². The van der Waals surface area contributed by atoms with Gasteiger partial charge in [-0.1, -0.05) is 25.7 Å². The summed E-state index contributed by atoms with van der Waals surface area (Å²) in [7, 11) is -1.13. The Balaban J connectivity index is 1.42. The molecule has 1 saturated heterocycles. The number of anilines is 1. The van der Waals surface area contributed by atoms with Gasteiger partial charge in [0.1, 0.15) is 18.2 Å². The van der Waals surface area contributed by atoms with Gasteiger partial charge >= 0.3 is 0 Å². The zero-order valence-electron chi connectivity index (χ0n) is 21.4. The van der Waals surface area contributed by atoms with Crippen LogP contribution in [0.5, 0.6) is 0 Å². The first-order valence-electron chi connectivity index (χ1n) is 13.0. The van der Waals surface area contributed by atoms with Gasteiger partial charge in [-0.2, -0.15) is 5.10 Å². The molecule has 2 fully saturated rings. The lowest BCUT2D eigenvalue weighted by Crippen LogP contribution is -2.36. The molecule has 0 amide bonds. The van der Waals surface area contributed by atoms with E-state index < -0.39 is 8.07 Å². The minimum Gasteiger partial charge on any atom is -0.378 e. The van der Waals surface area contributed by atoms with Crippen LogP contribution in [0.1, 0.15) is 18.4 Å². The summed E-state index contributed by atoms with van der Waals surface area (Å²) in [4.78, 5) is 6.94. The van der Waals surface area contributed by atoms with Crippen LogP contribution in [0, 0.1) is 5.92 Å². The number of aromatic nitrogens is 3. The van der Waals surface area contributed by atoms with E-state index in [1.165, 1.54) is 23.8 Å². The van der Waals surface area contributed by atoms with Crippen LogP contribution < -0.4 is 10.2 Å². The Morgan fingerprint density at radius 1 is 1.11 bits per heavy atom. The van der Waals surface area contributed by atoms with E-state index in [4.69, 9.17) is 14.6 Å². The van der Waals surface area contributed by atoms with Crippen molar-refractivity contribution in [2.45, 2.75) is 51.8 Å². The summed E-state index contributed by atoms with van der Waals surface area (Å²) < 4.78 is 13.6. The molecule has 1 aliphatic heterocycles. The second-order valence-corrected chi connectivity index (χ2v) is 16.7. The molecule has 188 valence electrons. The SMILES string of the molecule is C[Si](C)(C)CCOCn1nc(-c2ccnc(N3CCOCC3)c2)c2cc(CNCC3CC3)ccc21. The van der Waals surface area contributed by atoms with Gasteiger partial charge in [0.25, 0.3) is 0 Å². The summed E-state index contributed by atoms with van der Waals surface area (Å²) in [5.74, 6) is 1.86. The van der Waals surface area contributed by atoms with Gasteiger partial charge in [0.2, 0.25) is 0 Å². The maximum absolute atomic E-state index is 6.09. The fourth-order valence-electron chi connectivity index (χ4n) is 4.45. The van der Waals surface area contributed by atoms with Gasteiger partial charge in [-0.25, -0.2) is 9.67 Å². The number of hydrogen-bond acceptors (Lipinski definition) is 6. The first kappa shape index (κ1) is 24.4.